The van der Waals surface area contributed by atoms with E-state index in [2.05, 4.69) is 347 Å². The van der Waals surface area contributed by atoms with Crippen LogP contribution in [-0.2, 0) is 0 Å². The fourth-order valence-corrected chi connectivity index (χ4v) is 14.4. The first-order valence-electron chi connectivity index (χ1n) is 30.3. The molecule has 4 heteroatoms. The van der Waals surface area contributed by atoms with Crippen molar-refractivity contribution in [2.75, 3.05) is 9.80 Å². The molecule has 88 heavy (non-hydrogen) atoms. The highest BCUT2D eigenvalue weighted by Crippen LogP contribution is 2.50. The van der Waals surface area contributed by atoms with E-state index in [0.717, 1.165) is 56.6 Å². The van der Waals surface area contributed by atoms with Gasteiger partial charge in [0.2, 0.25) is 0 Å². The van der Waals surface area contributed by atoms with Gasteiger partial charge in [0.25, 0.3) is 0 Å². The van der Waals surface area contributed by atoms with Crippen molar-refractivity contribution in [3.63, 3.8) is 0 Å². The molecule has 0 aliphatic carbocycles. The van der Waals surface area contributed by atoms with Crippen molar-refractivity contribution < 1.29 is 0 Å². The second-order valence-electron chi connectivity index (χ2n) is 23.2. The molecule has 0 amide bonds. The van der Waals surface area contributed by atoms with Crippen LogP contribution in [0.3, 0.4) is 0 Å². The van der Waals surface area contributed by atoms with Crippen LogP contribution < -0.4 is 9.80 Å². The SMILES string of the molecule is c1ccc(-n2c3ccccc3c3cc(-c4cccc(N(c5cccc6ccccc56)c5ccc6ccc7c(N(c8cccc(-c9ccc%10c(c9)c9ccccc9n%10-c9ccccc9)c8)c8cccc9ccccc89)ccc8ccc5c6c87)c4)ccc32)cc1. The van der Waals surface area contributed by atoms with E-state index in [4.69, 9.17) is 0 Å². The zero-order valence-corrected chi connectivity index (χ0v) is 48.0. The fraction of sp³-hybridized carbons (Fsp3) is 0. The summed E-state index contributed by atoms with van der Waals surface area (Å²) in [7, 11) is 0. The minimum atomic E-state index is 1.08. The highest BCUT2D eigenvalue weighted by atomic mass is 15.2. The molecule has 2 aromatic heterocycles. The maximum Gasteiger partial charge on any atom is 0.0541 e. The third-order valence-corrected chi connectivity index (χ3v) is 18.4. The Balaban J connectivity index is 0.817. The summed E-state index contributed by atoms with van der Waals surface area (Å²) in [5.41, 5.74) is 18.3. The van der Waals surface area contributed by atoms with Crippen molar-refractivity contribution in [3.05, 3.63) is 328 Å². The lowest BCUT2D eigenvalue weighted by molar-refractivity contribution is 1.18. The highest BCUT2D eigenvalue weighted by molar-refractivity contribution is 6.29. The molecule has 18 rings (SSSR count). The second-order valence-corrected chi connectivity index (χ2v) is 23.2. The van der Waals surface area contributed by atoms with Gasteiger partial charge in [-0.1, -0.05) is 218 Å². The molecule has 0 radical (unpaired) electrons. The first-order chi connectivity index (χ1) is 43.7. The van der Waals surface area contributed by atoms with Gasteiger partial charge in [0.1, 0.15) is 0 Å². The van der Waals surface area contributed by atoms with Crippen LogP contribution in [-0.4, -0.2) is 9.13 Å². The molecule has 2 heterocycles. The largest absolute Gasteiger partial charge is 0.309 e. The molecule has 0 unspecified atom stereocenters. The van der Waals surface area contributed by atoms with Crippen molar-refractivity contribution in [2.45, 2.75) is 0 Å². The number of para-hydroxylation sites is 4. The minimum absolute atomic E-state index is 1.08. The Bertz CT molecular complexity index is 5410. The van der Waals surface area contributed by atoms with E-state index in [0.29, 0.717) is 0 Å². The molecule has 0 fully saturated rings. The molecule has 0 atom stereocenters. The van der Waals surface area contributed by atoms with Crippen LogP contribution in [0.4, 0.5) is 34.1 Å². The van der Waals surface area contributed by atoms with Gasteiger partial charge in [-0.05, 0) is 164 Å². The average molecular weight is 1120 g/mol. The second kappa shape index (κ2) is 20.0. The van der Waals surface area contributed by atoms with Gasteiger partial charge in [-0.15, -0.1) is 0 Å². The van der Waals surface area contributed by atoms with E-state index in [1.165, 1.54) is 109 Å². The Morgan fingerprint density at radius 2 is 0.545 bits per heavy atom. The first kappa shape index (κ1) is 49.7. The standard InChI is InChI=1S/C84H54N4/c1-3-25-63(26-4-1)85-77-35-13-11-33-69(77)73-53-61(43-49-81(73)85)59-23-15-29-65(51-59)87(75-37-17-21-55-19-7-9-31-67(55)75)79-47-41-57-40-46-72-80(48-42-58-39-45-71(79)83(57)84(58)72)88(76-38-18-22-56-20-8-10-32-68(56)76)66-30-16-24-60(52-66)62-44-50-82-74(54-62)70-34-12-14-36-78(70)86(82)64-27-5-2-6-28-64/h1-54H. The summed E-state index contributed by atoms with van der Waals surface area (Å²) >= 11 is 0. The number of hydrogen-bond acceptors (Lipinski definition) is 2. The molecule has 18 aromatic rings. The summed E-state index contributed by atoms with van der Waals surface area (Å²) in [4.78, 5) is 5.01. The van der Waals surface area contributed by atoms with Crippen LogP contribution in [0.1, 0.15) is 0 Å². The summed E-state index contributed by atoms with van der Waals surface area (Å²) in [5, 5.41) is 16.9. The molecule has 0 bridgehead atoms. The van der Waals surface area contributed by atoms with E-state index in [1.54, 1.807) is 0 Å². The van der Waals surface area contributed by atoms with E-state index in [1.807, 2.05) is 0 Å². The van der Waals surface area contributed by atoms with Crippen LogP contribution in [0, 0.1) is 0 Å². The lowest BCUT2D eigenvalue weighted by atomic mass is 9.91. The van der Waals surface area contributed by atoms with E-state index >= 15 is 0 Å². The fourth-order valence-electron chi connectivity index (χ4n) is 14.4. The Kier molecular flexibility index (Phi) is 11.3. The Hall–Kier alpha value is -11.7. The zero-order valence-electron chi connectivity index (χ0n) is 48.0. The molecular formula is C84H54N4. The molecule has 16 aromatic carbocycles. The van der Waals surface area contributed by atoms with Crippen molar-refractivity contribution in [1.82, 2.24) is 9.13 Å². The number of aromatic nitrogens is 2. The van der Waals surface area contributed by atoms with Crippen molar-refractivity contribution >= 4 is 132 Å². The Morgan fingerprint density at radius 3 is 1.01 bits per heavy atom. The molecule has 0 spiro atoms. The first-order valence-corrected chi connectivity index (χ1v) is 30.3. The topological polar surface area (TPSA) is 16.3 Å². The molecule has 0 saturated carbocycles. The predicted molar refractivity (Wildman–Crippen MR) is 374 cm³/mol. The van der Waals surface area contributed by atoms with E-state index < -0.39 is 0 Å². The minimum Gasteiger partial charge on any atom is -0.309 e. The zero-order chi connectivity index (χ0) is 57.8. The summed E-state index contributed by atoms with van der Waals surface area (Å²) in [6.45, 7) is 0. The summed E-state index contributed by atoms with van der Waals surface area (Å²) in [6, 6.07) is 121. The molecule has 0 aliphatic rings. The number of anilines is 6. The third kappa shape index (κ3) is 7.79. The number of nitrogens with zero attached hydrogens (tertiary/aromatic N) is 4. The van der Waals surface area contributed by atoms with Crippen molar-refractivity contribution in [1.29, 1.82) is 0 Å². The monoisotopic (exact) mass is 1120 g/mol. The maximum atomic E-state index is 2.50. The van der Waals surface area contributed by atoms with Gasteiger partial charge in [0, 0.05) is 65.8 Å². The number of rotatable bonds is 10. The molecule has 410 valence electrons. The van der Waals surface area contributed by atoms with Crippen LogP contribution in [0.2, 0.25) is 0 Å². The lowest BCUT2D eigenvalue weighted by Gasteiger charge is -2.30. The van der Waals surface area contributed by atoms with Gasteiger partial charge in [-0.2, -0.15) is 0 Å². The molecule has 0 aliphatic heterocycles. The van der Waals surface area contributed by atoms with Gasteiger partial charge in [0.05, 0.1) is 44.8 Å². The van der Waals surface area contributed by atoms with Crippen LogP contribution in [0.5, 0.6) is 0 Å². The quantitative estimate of drug-likeness (QED) is 0.127. The number of hydrogen-bond donors (Lipinski definition) is 0. The Morgan fingerprint density at radius 1 is 0.193 bits per heavy atom. The third-order valence-electron chi connectivity index (χ3n) is 18.4. The molecule has 0 saturated heterocycles. The van der Waals surface area contributed by atoms with Gasteiger partial charge < -0.3 is 18.9 Å². The molecule has 0 N–H and O–H groups in total. The van der Waals surface area contributed by atoms with Crippen LogP contribution in [0.15, 0.2) is 328 Å². The lowest BCUT2D eigenvalue weighted by Crippen LogP contribution is -2.12. The molecule has 4 nitrogen and oxygen atoms in total. The van der Waals surface area contributed by atoms with Crippen LogP contribution in [0.25, 0.3) is 131 Å². The number of fused-ring (bicyclic) bond motifs is 8. The summed E-state index contributed by atoms with van der Waals surface area (Å²) in [6.07, 6.45) is 0. The van der Waals surface area contributed by atoms with Gasteiger partial charge in [0.15, 0.2) is 0 Å². The summed E-state index contributed by atoms with van der Waals surface area (Å²) < 4.78 is 4.77. The van der Waals surface area contributed by atoms with Crippen molar-refractivity contribution in [2.24, 2.45) is 0 Å². The Labute approximate surface area is 508 Å². The predicted octanol–water partition coefficient (Wildman–Crippen LogP) is 23.4. The van der Waals surface area contributed by atoms with Gasteiger partial charge in [-0.25, -0.2) is 0 Å². The van der Waals surface area contributed by atoms with Gasteiger partial charge in [-0.3, -0.25) is 0 Å². The van der Waals surface area contributed by atoms with E-state index in [-0.39, 0.29) is 0 Å². The normalized spacial score (nSPS) is 11.9. The summed E-state index contributed by atoms with van der Waals surface area (Å²) in [5.74, 6) is 0. The molecular weight excluding hydrogens is 1060 g/mol. The maximum absolute atomic E-state index is 2.50. The van der Waals surface area contributed by atoms with Gasteiger partial charge >= 0.3 is 0 Å². The van der Waals surface area contributed by atoms with E-state index in [9.17, 15) is 0 Å². The van der Waals surface area contributed by atoms with Crippen molar-refractivity contribution in [3.8, 4) is 33.6 Å². The smallest absolute Gasteiger partial charge is 0.0541 e. The highest BCUT2D eigenvalue weighted by Gasteiger charge is 2.25. The average Bonchev–Trinajstić information content (AvgIpc) is 2.66. The number of benzene rings is 16. The van der Waals surface area contributed by atoms with Crippen LogP contribution >= 0.6 is 0 Å².